The minimum absolute atomic E-state index is 0.146. The summed E-state index contributed by atoms with van der Waals surface area (Å²) in [7, 11) is 0. The van der Waals surface area contributed by atoms with Crippen molar-refractivity contribution in [1.29, 1.82) is 0 Å². The molecule has 0 spiro atoms. The quantitative estimate of drug-likeness (QED) is 0.864. The summed E-state index contributed by atoms with van der Waals surface area (Å²) in [4.78, 5) is 11.7. The molecule has 21 heavy (non-hydrogen) atoms. The van der Waals surface area contributed by atoms with Gasteiger partial charge in [-0.1, -0.05) is 25.8 Å². The molecule has 0 bridgehead atoms. The van der Waals surface area contributed by atoms with Crippen molar-refractivity contribution in [1.82, 2.24) is 0 Å². The molecule has 1 aliphatic rings. The smallest absolute Gasteiger partial charge is 0.309 e. The van der Waals surface area contributed by atoms with Crippen LogP contribution in [0.1, 0.15) is 51.0 Å². The largest absolute Gasteiger partial charge is 0.481 e. The predicted octanol–water partition coefficient (Wildman–Crippen LogP) is 4.57. The second-order valence-electron chi connectivity index (χ2n) is 6.23. The molecule has 1 aromatic carbocycles. The van der Waals surface area contributed by atoms with Gasteiger partial charge in [0, 0.05) is 6.07 Å². The second kappa shape index (κ2) is 6.54. The first kappa shape index (κ1) is 15.9. The molecule has 0 aliphatic heterocycles. The molecule has 0 atom stereocenters. The highest BCUT2D eigenvalue weighted by Crippen LogP contribution is 2.43. The van der Waals surface area contributed by atoms with E-state index in [4.69, 9.17) is 0 Å². The summed E-state index contributed by atoms with van der Waals surface area (Å²) < 4.78 is 26.8. The van der Waals surface area contributed by atoms with Crippen molar-refractivity contribution in [3.8, 4) is 0 Å². The summed E-state index contributed by atoms with van der Waals surface area (Å²) in [6, 6.07) is 3.39. The molecular weight excluding hydrogens is 274 g/mol. The van der Waals surface area contributed by atoms with Crippen molar-refractivity contribution in [3.63, 3.8) is 0 Å². The van der Waals surface area contributed by atoms with Gasteiger partial charge in [0.15, 0.2) is 0 Å². The van der Waals surface area contributed by atoms with E-state index in [9.17, 15) is 18.7 Å². The molecule has 116 valence electrons. The molecule has 0 amide bonds. The van der Waals surface area contributed by atoms with Crippen LogP contribution in [0.5, 0.6) is 0 Å². The lowest BCUT2D eigenvalue weighted by atomic mass is 9.66. The molecule has 0 heterocycles. The number of hydrogen-bond donors (Lipinski definition) is 1. The third-order valence-corrected chi connectivity index (χ3v) is 4.76. The Labute approximate surface area is 124 Å². The van der Waals surface area contributed by atoms with Gasteiger partial charge >= 0.3 is 5.97 Å². The molecule has 0 saturated heterocycles. The Balaban J connectivity index is 2.15. The number of carboxylic acid groups (broad SMARTS) is 1. The van der Waals surface area contributed by atoms with Crippen molar-refractivity contribution in [2.75, 3.05) is 0 Å². The topological polar surface area (TPSA) is 37.3 Å². The summed E-state index contributed by atoms with van der Waals surface area (Å²) in [6.45, 7) is 2.13. The summed E-state index contributed by atoms with van der Waals surface area (Å²) in [5, 5.41) is 9.62. The van der Waals surface area contributed by atoms with Crippen LogP contribution in [0.2, 0.25) is 0 Å². The van der Waals surface area contributed by atoms with Gasteiger partial charge in [0.1, 0.15) is 11.6 Å². The number of benzene rings is 1. The SMILES string of the molecule is CCCC1CCC(Cc2ccc(F)cc2F)(C(=O)O)CC1. The van der Waals surface area contributed by atoms with Crippen LogP contribution in [0.15, 0.2) is 18.2 Å². The number of carboxylic acids is 1. The minimum Gasteiger partial charge on any atom is -0.481 e. The Morgan fingerprint density at radius 3 is 2.52 bits per heavy atom. The molecule has 2 nitrogen and oxygen atoms in total. The Hall–Kier alpha value is -1.45. The van der Waals surface area contributed by atoms with E-state index >= 15 is 0 Å². The standard InChI is InChI=1S/C17H22F2O2/c1-2-3-12-6-8-17(9-7-12,16(20)21)11-13-4-5-14(18)10-15(13)19/h4-5,10,12H,2-3,6-9,11H2,1H3,(H,20,21). The molecule has 2 rings (SSSR count). The Bertz CT molecular complexity index is 506. The van der Waals surface area contributed by atoms with Crippen molar-refractivity contribution < 1.29 is 18.7 Å². The minimum atomic E-state index is -0.900. The fourth-order valence-electron chi connectivity index (χ4n) is 3.42. The predicted molar refractivity (Wildman–Crippen MR) is 77.0 cm³/mol. The Kier molecular flexibility index (Phi) is 4.96. The van der Waals surface area contributed by atoms with Crippen LogP contribution in [0.3, 0.4) is 0 Å². The van der Waals surface area contributed by atoms with Gasteiger partial charge < -0.3 is 5.11 Å². The lowest BCUT2D eigenvalue weighted by Gasteiger charge is -2.37. The van der Waals surface area contributed by atoms with E-state index in [1.165, 1.54) is 12.1 Å². The molecule has 4 heteroatoms. The first-order chi connectivity index (χ1) is 9.97. The van der Waals surface area contributed by atoms with Gasteiger partial charge in [-0.15, -0.1) is 0 Å². The van der Waals surface area contributed by atoms with E-state index in [1.807, 2.05) is 0 Å². The van der Waals surface area contributed by atoms with Crippen LogP contribution < -0.4 is 0 Å². The maximum Gasteiger partial charge on any atom is 0.309 e. The second-order valence-corrected chi connectivity index (χ2v) is 6.23. The lowest BCUT2D eigenvalue weighted by Crippen LogP contribution is -2.37. The first-order valence-corrected chi connectivity index (χ1v) is 7.64. The van der Waals surface area contributed by atoms with E-state index in [0.717, 1.165) is 31.7 Å². The molecule has 1 saturated carbocycles. The number of halogens is 2. The van der Waals surface area contributed by atoms with Crippen molar-refractivity contribution >= 4 is 5.97 Å². The van der Waals surface area contributed by atoms with E-state index in [0.29, 0.717) is 24.3 Å². The highest BCUT2D eigenvalue weighted by molar-refractivity contribution is 5.75. The maximum absolute atomic E-state index is 13.8. The van der Waals surface area contributed by atoms with Gasteiger partial charge in [0.25, 0.3) is 0 Å². The molecule has 0 aromatic heterocycles. The monoisotopic (exact) mass is 296 g/mol. The van der Waals surface area contributed by atoms with Gasteiger partial charge in [0.2, 0.25) is 0 Å². The van der Waals surface area contributed by atoms with Crippen molar-refractivity contribution in [2.45, 2.75) is 51.9 Å². The first-order valence-electron chi connectivity index (χ1n) is 7.64. The molecule has 0 unspecified atom stereocenters. The zero-order valence-electron chi connectivity index (χ0n) is 12.4. The number of aliphatic carboxylic acids is 1. The maximum atomic E-state index is 13.8. The highest BCUT2D eigenvalue weighted by Gasteiger charge is 2.42. The summed E-state index contributed by atoms with van der Waals surface area (Å²) >= 11 is 0. The van der Waals surface area contributed by atoms with Gasteiger partial charge in [0.05, 0.1) is 5.41 Å². The number of rotatable bonds is 5. The van der Waals surface area contributed by atoms with E-state index < -0.39 is 23.0 Å². The number of carbonyl (C=O) groups is 1. The van der Waals surface area contributed by atoms with Gasteiger partial charge in [-0.05, 0) is 49.7 Å². The summed E-state index contributed by atoms with van der Waals surface area (Å²) in [5.74, 6) is -1.56. The summed E-state index contributed by atoms with van der Waals surface area (Å²) in [5.41, 5.74) is -0.601. The van der Waals surface area contributed by atoms with Crippen LogP contribution in [0.4, 0.5) is 8.78 Å². The third-order valence-electron chi connectivity index (χ3n) is 4.76. The lowest BCUT2D eigenvalue weighted by molar-refractivity contribution is -0.151. The molecule has 1 N–H and O–H groups in total. The Morgan fingerprint density at radius 2 is 2.00 bits per heavy atom. The Morgan fingerprint density at radius 1 is 1.33 bits per heavy atom. The van der Waals surface area contributed by atoms with Crippen LogP contribution in [-0.2, 0) is 11.2 Å². The van der Waals surface area contributed by atoms with Crippen LogP contribution in [0.25, 0.3) is 0 Å². The average molecular weight is 296 g/mol. The zero-order chi connectivity index (χ0) is 15.5. The van der Waals surface area contributed by atoms with E-state index in [1.54, 1.807) is 0 Å². The molecule has 1 aliphatic carbocycles. The third kappa shape index (κ3) is 3.60. The van der Waals surface area contributed by atoms with Crippen molar-refractivity contribution in [3.05, 3.63) is 35.4 Å². The molecule has 1 aromatic rings. The fourth-order valence-corrected chi connectivity index (χ4v) is 3.42. The number of hydrogen-bond acceptors (Lipinski definition) is 1. The van der Waals surface area contributed by atoms with Crippen LogP contribution >= 0.6 is 0 Å². The van der Waals surface area contributed by atoms with Crippen molar-refractivity contribution in [2.24, 2.45) is 11.3 Å². The normalized spacial score (nSPS) is 25.8. The van der Waals surface area contributed by atoms with Gasteiger partial charge in [-0.3, -0.25) is 4.79 Å². The zero-order valence-corrected chi connectivity index (χ0v) is 12.4. The van der Waals surface area contributed by atoms with Gasteiger partial charge in [-0.25, -0.2) is 8.78 Å². The van der Waals surface area contributed by atoms with Crippen LogP contribution in [-0.4, -0.2) is 11.1 Å². The molecule has 0 radical (unpaired) electrons. The molecular formula is C17H22F2O2. The van der Waals surface area contributed by atoms with Crippen LogP contribution in [0, 0.1) is 23.0 Å². The van der Waals surface area contributed by atoms with Gasteiger partial charge in [-0.2, -0.15) is 0 Å². The molecule has 1 fully saturated rings. The fraction of sp³-hybridized carbons (Fsp3) is 0.588. The average Bonchev–Trinajstić information content (AvgIpc) is 2.44. The van der Waals surface area contributed by atoms with E-state index in [2.05, 4.69) is 6.92 Å². The highest BCUT2D eigenvalue weighted by atomic mass is 19.1. The van der Waals surface area contributed by atoms with E-state index in [-0.39, 0.29) is 6.42 Å². The summed E-state index contributed by atoms with van der Waals surface area (Å²) in [6.07, 6.45) is 5.28.